The maximum absolute atomic E-state index is 13.0. The number of aryl methyl sites for hydroxylation is 1. The lowest BCUT2D eigenvalue weighted by atomic mass is 10.0. The van der Waals surface area contributed by atoms with Crippen LogP contribution in [0.15, 0.2) is 67.0 Å². The van der Waals surface area contributed by atoms with Gasteiger partial charge in [-0.25, -0.2) is 17.9 Å². The molecule has 4 rings (SSSR count). The van der Waals surface area contributed by atoms with Crippen molar-refractivity contribution < 1.29 is 13.2 Å². The van der Waals surface area contributed by atoms with E-state index in [9.17, 15) is 13.2 Å². The molecule has 0 radical (unpaired) electrons. The predicted octanol–water partition coefficient (Wildman–Crippen LogP) is 4.11. The Hall–Kier alpha value is -3.52. The van der Waals surface area contributed by atoms with Gasteiger partial charge in [-0.2, -0.15) is 5.10 Å². The molecule has 0 spiro atoms. The highest BCUT2D eigenvalue weighted by atomic mass is 32.2. The quantitative estimate of drug-likeness (QED) is 0.397. The van der Waals surface area contributed by atoms with Crippen LogP contribution in [0.5, 0.6) is 0 Å². The number of carbonyl (C=O) groups excluding carboxylic acids is 1. The Morgan fingerprint density at radius 2 is 1.81 bits per heavy atom. The van der Waals surface area contributed by atoms with Crippen molar-refractivity contribution in [3.8, 4) is 11.3 Å². The average Bonchev–Trinajstić information content (AvgIpc) is 3.24. The van der Waals surface area contributed by atoms with Gasteiger partial charge in [0.25, 0.3) is 0 Å². The second-order valence-electron chi connectivity index (χ2n) is 7.43. The minimum Gasteiger partial charge on any atom is -0.288 e. The van der Waals surface area contributed by atoms with E-state index in [0.717, 1.165) is 11.1 Å². The number of sulfonamides is 1. The summed E-state index contributed by atoms with van der Waals surface area (Å²) < 4.78 is 28.0. The molecule has 7 nitrogen and oxygen atoms in total. The Labute approximate surface area is 187 Å². The van der Waals surface area contributed by atoms with E-state index >= 15 is 0 Å². The smallest absolute Gasteiger partial charge is 0.234 e. The van der Waals surface area contributed by atoms with E-state index in [0.29, 0.717) is 34.7 Å². The molecular formula is C24H24N4O3S. The summed E-state index contributed by atoms with van der Waals surface area (Å²) in [6.07, 6.45) is 3.16. The summed E-state index contributed by atoms with van der Waals surface area (Å²) in [5, 5.41) is 4.42. The summed E-state index contributed by atoms with van der Waals surface area (Å²) >= 11 is 0. The van der Waals surface area contributed by atoms with Crippen LogP contribution in [0.2, 0.25) is 0 Å². The van der Waals surface area contributed by atoms with Gasteiger partial charge in [-0.1, -0.05) is 42.0 Å². The minimum absolute atomic E-state index is 0.0220. The molecular weight excluding hydrogens is 424 g/mol. The third-order valence-corrected chi connectivity index (χ3v) is 7.25. The van der Waals surface area contributed by atoms with Crippen molar-refractivity contribution >= 4 is 27.1 Å². The summed E-state index contributed by atoms with van der Waals surface area (Å²) in [6, 6.07) is 16.5. The number of ketones is 1. The Morgan fingerprint density at radius 1 is 1.06 bits per heavy atom. The number of anilines is 1. The van der Waals surface area contributed by atoms with Crippen molar-refractivity contribution in [3.63, 3.8) is 0 Å². The van der Waals surface area contributed by atoms with E-state index in [-0.39, 0.29) is 11.5 Å². The molecule has 0 N–H and O–H groups in total. The number of benzene rings is 2. The van der Waals surface area contributed by atoms with E-state index in [4.69, 9.17) is 0 Å². The molecule has 0 saturated heterocycles. The van der Waals surface area contributed by atoms with E-state index in [1.165, 1.54) is 10.5 Å². The zero-order valence-electron chi connectivity index (χ0n) is 18.2. The lowest BCUT2D eigenvalue weighted by Gasteiger charge is -2.22. The highest BCUT2D eigenvalue weighted by Crippen LogP contribution is 2.27. The fraction of sp³-hybridized carbons (Fsp3) is 0.208. The standard InChI is InChI=1S/C24H24N4O3S/c1-4-27(32(30,31)5-2)20-8-6-7-19(15-20)22-13-14-25-24-21(16-26-28(22)24)23(29)18-11-9-17(3)10-12-18/h6-16H,4-5H2,1-3H3. The van der Waals surface area contributed by atoms with Crippen LogP contribution < -0.4 is 4.31 Å². The highest BCUT2D eigenvalue weighted by Gasteiger charge is 2.21. The second-order valence-corrected chi connectivity index (χ2v) is 9.62. The van der Waals surface area contributed by atoms with Crippen LogP contribution in [-0.2, 0) is 10.0 Å². The lowest BCUT2D eigenvalue weighted by Crippen LogP contribution is -2.32. The predicted molar refractivity (Wildman–Crippen MR) is 126 cm³/mol. The van der Waals surface area contributed by atoms with Gasteiger partial charge >= 0.3 is 0 Å². The van der Waals surface area contributed by atoms with Gasteiger partial charge in [-0.15, -0.1) is 0 Å². The molecule has 0 bridgehead atoms. The first-order chi connectivity index (χ1) is 15.4. The molecule has 0 unspecified atom stereocenters. The van der Waals surface area contributed by atoms with Crippen molar-refractivity contribution in [3.05, 3.63) is 83.7 Å². The molecule has 0 aliphatic heterocycles. The van der Waals surface area contributed by atoms with Crippen LogP contribution in [-0.4, -0.2) is 41.1 Å². The summed E-state index contributed by atoms with van der Waals surface area (Å²) in [6.45, 7) is 5.74. The Kier molecular flexibility index (Phi) is 5.80. The monoisotopic (exact) mass is 448 g/mol. The first-order valence-electron chi connectivity index (χ1n) is 10.4. The Bertz CT molecular complexity index is 1390. The summed E-state index contributed by atoms with van der Waals surface area (Å²) in [5.41, 5.74) is 4.58. The van der Waals surface area contributed by atoms with Gasteiger partial charge in [0.05, 0.1) is 28.9 Å². The number of hydrogen-bond donors (Lipinski definition) is 0. The molecule has 0 atom stereocenters. The first-order valence-corrected chi connectivity index (χ1v) is 12.0. The summed E-state index contributed by atoms with van der Waals surface area (Å²) in [7, 11) is -3.39. The minimum atomic E-state index is -3.39. The van der Waals surface area contributed by atoms with Crippen molar-refractivity contribution in [2.24, 2.45) is 0 Å². The van der Waals surface area contributed by atoms with Crippen molar-refractivity contribution in [2.45, 2.75) is 20.8 Å². The van der Waals surface area contributed by atoms with Crippen LogP contribution in [0.4, 0.5) is 5.69 Å². The van der Waals surface area contributed by atoms with Crippen molar-refractivity contribution in [1.82, 2.24) is 14.6 Å². The molecule has 4 aromatic rings. The van der Waals surface area contributed by atoms with E-state index in [1.807, 2.05) is 37.3 Å². The third kappa shape index (κ3) is 3.89. The van der Waals surface area contributed by atoms with Gasteiger partial charge in [0.15, 0.2) is 11.4 Å². The first kappa shape index (κ1) is 21.7. The van der Waals surface area contributed by atoms with Crippen molar-refractivity contribution in [2.75, 3.05) is 16.6 Å². The normalized spacial score (nSPS) is 11.6. The topological polar surface area (TPSA) is 84.6 Å². The fourth-order valence-corrected chi connectivity index (χ4v) is 4.79. The zero-order valence-corrected chi connectivity index (χ0v) is 19.0. The maximum Gasteiger partial charge on any atom is 0.234 e. The molecule has 0 saturated carbocycles. The molecule has 0 fully saturated rings. The molecule has 2 aromatic heterocycles. The van der Waals surface area contributed by atoms with Crippen molar-refractivity contribution in [1.29, 1.82) is 0 Å². The van der Waals surface area contributed by atoms with Gasteiger partial charge in [-0.3, -0.25) is 9.10 Å². The number of aromatic nitrogens is 3. The van der Waals surface area contributed by atoms with Gasteiger partial charge in [0.1, 0.15) is 0 Å². The van der Waals surface area contributed by atoms with Crippen LogP contribution in [0, 0.1) is 6.92 Å². The number of fused-ring (bicyclic) bond motifs is 1. The van der Waals surface area contributed by atoms with Gasteiger partial charge in [0.2, 0.25) is 10.0 Å². The summed E-state index contributed by atoms with van der Waals surface area (Å²) in [4.78, 5) is 17.4. The van der Waals surface area contributed by atoms with E-state index in [2.05, 4.69) is 10.1 Å². The van der Waals surface area contributed by atoms with Gasteiger partial charge in [0, 0.05) is 23.9 Å². The van der Waals surface area contributed by atoms with Crippen LogP contribution in [0.1, 0.15) is 35.3 Å². The van der Waals surface area contributed by atoms with Gasteiger partial charge in [-0.05, 0) is 39.0 Å². The Morgan fingerprint density at radius 3 is 2.50 bits per heavy atom. The SMILES string of the molecule is CCN(c1cccc(-c2ccnc3c(C(=O)c4ccc(C)cc4)cnn23)c1)S(=O)(=O)CC. The molecule has 2 heterocycles. The van der Waals surface area contributed by atoms with E-state index < -0.39 is 10.0 Å². The van der Waals surface area contributed by atoms with Crippen LogP contribution in [0.3, 0.4) is 0 Å². The van der Waals surface area contributed by atoms with Crippen LogP contribution in [0.25, 0.3) is 16.9 Å². The zero-order chi connectivity index (χ0) is 22.9. The average molecular weight is 449 g/mol. The van der Waals surface area contributed by atoms with E-state index in [1.54, 1.807) is 48.8 Å². The number of rotatable bonds is 7. The summed E-state index contributed by atoms with van der Waals surface area (Å²) in [5.74, 6) is -0.126. The Balaban J connectivity index is 1.79. The van der Waals surface area contributed by atoms with Gasteiger partial charge < -0.3 is 0 Å². The molecule has 0 aliphatic carbocycles. The number of nitrogens with zero attached hydrogens (tertiary/aromatic N) is 4. The lowest BCUT2D eigenvalue weighted by molar-refractivity contribution is 0.104. The number of hydrogen-bond acceptors (Lipinski definition) is 5. The molecule has 164 valence electrons. The number of carbonyl (C=O) groups is 1. The largest absolute Gasteiger partial charge is 0.288 e. The second kappa shape index (κ2) is 8.55. The van der Waals surface area contributed by atoms with Crippen LogP contribution >= 0.6 is 0 Å². The molecule has 0 amide bonds. The molecule has 0 aliphatic rings. The fourth-order valence-electron chi connectivity index (χ4n) is 3.65. The third-order valence-electron chi connectivity index (χ3n) is 5.38. The molecule has 8 heteroatoms. The molecule has 32 heavy (non-hydrogen) atoms. The maximum atomic E-state index is 13.0. The molecule has 2 aromatic carbocycles. The highest BCUT2D eigenvalue weighted by molar-refractivity contribution is 7.92.